The van der Waals surface area contributed by atoms with Crippen LogP contribution in [0.3, 0.4) is 0 Å². The number of fused-ring (bicyclic) bond motifs is 1. The number of H-pyrrole nitrogens is 1. The number of aromatic nitrogens is 3. The number of non-ortho nitro benzene ring substituents is 1. The van der Waals surface area contributed by atoms with Gasteiger partial charge in [0.2, 0.25) is 5.16 Å². The maximum absolute atomic E-state index is 11.0. The van der Waals surface area contributed by atoms with Gasteiger partial charge in [0.1, 0.15) is 11.6 Å². The van der Waals surface area contributed by atoms with E-state index in [-0.39, 0.29) is 12.5 Å². The fourth-order valence-corrected chi connectivity index (χ4v) is 2.92. The second-order valence-electron chi connectivity index (χ2n) is 4.67. The van der Waals surface area contributed by atoms with E-state index in [0.29, 0.717) is 28.8 Å². The van der Waals surface area contributed by atoms with Crippen molar-refractivity contribution < 1.29 is 14.4 Å². The molecule has 0 atom stereocenters. The number of nitro groups is 1. The summed E-state index contributed by atoms with van der Waals surface area (Å²) in [5.74, 6) is 1.97. The van der Waals surface area contributed by atoms with Crippen molar-refractivity contribution in [3.8, 4) is 5.75 Å². The fourth-order valence-electron chi connectivity index (χ4n) is 2.14. The molecule has 1 N–H and O–H groups in total. The number of hydrogen-bond donors (Lipinski definition) is 1. The molecule has 9 heteroatoms. The van der Waals surface area contributed by atoms with Gasteiger partial charge in [0.15, 0.2) is 6.79 Å². The van der Waals surface area contributed by atoms with Crippen LogP contribution in [0.1, 0.15) is 23.9 Å². The minimum atomic E-state index is -0.412. The number of nitrogens with one attached hydrogen (secondary N) is 1. The van der Waals surface area contributed by atoms with Gasteiger partial charge in [-0.1, -0.05) is 18.7 Å². The molecule has 0 amide bonds. The zero-order valence-corrected chi connectivity index (χ0v) is 12.7. The first-order valence-electron chi connectivity index (χ1n) is 6.72. The third kappa shape index (κ3) is 3.04. The van der Waals surface area contributed by atoms with Crippen LogP contribution in [0.25, 0.3) is 0 Å². The van der Waals surface area contributed by atoms with Gasteiger partial charge in [0.05, 0.1) is 11.5 Å². The molecule has 1 aliphatic rings. The van der Waals surface area contributed by atoms with E-state index in [4.69, 9.17) is 9.47 Å². The zero-order valence-electron chi connectivity index (χ0n) is 11.9. The Hall–Kier alpha value is -2.13. The molecule has 2 aromatic rings. The van der Waals surface area contributed by atoms with E-state index in [1.54, 1.807) is 0 Å². The fraction of sp³-hybridized carbons (Fsp3) is 0.385. The van der Waals surface area contributed by atoms with E-state index in [1.807, 2.05) is 6.92 Å². The molecule has 0 bridgehead atoms. The average molecular weight is 322 g/mol. The number of thioether (sulfide) groups is 1. The van der Waals surface area contributed by atoms with Crippen molar-refractivity contribution in [1.29, 1.82) is 0 Å². The maximum Gasteiger partial charge on any atom is 0.270 e. The molecular weight excluding hydrogens is 308 g/mol. The molecule has 0 saturated carbocycles. The first-order valence-corrected chi connectivity index (χ1v) is 7.70. The lowest BCUT2D eigenvalue weighted by Gasteiger charge is -2.20. The molecule has 0 aliphatic carbocycles. The number of nitrogens with zero attached hydrogens (tertiary/aromatic N) is 3. The van der Waals surface area contributed by atoms with Gasteiger partial charge in [-0.05, 0) is 0 Å². The zero-order chi connectivity index (χ0) is 15.5. The Morgan fingerprint density at radius 1 is 1.50 bits per heavy atom. The summed E-state index contributed by atoms with van der Waals surface area (Å²) in [6.07, 6.45) is 0.778. The SMILES string of the molecule is CCc1nc(SCc2cc([N+](=O)[O-])cc3c2OCOC3)n[nH]1. The third-order valence-corrected chi connectivity index (χ3v) is 4.08. The van der Waals surface area contributed by atoms with Gasteiger partial charge in [-0.15, -0.1) is 5.10 Å². The summed E-state index contributed by atoms with van der Waals surface area (Å²) in [4.78, 5) is 14.9. The normalized spacial score (nSPS) is 13.5. The second kappa shape index (κ2) is 6.32. The number of nitro benzene ring substituents is 1. The molecule has 1 aromatic carbocycles. The Balaban J connectivity index is 1.84. The number of hydrogen-bond acceptors (Lipinski definition) is 7. The largest absolute Gasteiger partial charge is 0.467 e. The minimum absolute atomic E-state index is 0.0349. The van der Waals surface area contributed by atoms with Crippen LogP contribution in [0.5, 0.6) is 5.75 Å². The van der Waals surface area contributed by atoms with Gasteiger partial charge in [0, 0.05) is 35.4 Å². The third-order valence-electron chi connectivity index (χ3n) is 3.19. The van der Waals surface area contributed by atoms with Crippen molar-refractivity contribution in [2.75, 3.05) is 6.79 Å². The predicted octanol–water partition coefficient (Wildman–Crippen LogP) is 2.43. The number of rotatable bonds is 5. The predicted molar refractivity (Wildman–Crippen MR) is 78.7 cm³/mol. The van der Waals surface area contributed by atoms with Crippen LogP contribution >= 0.6 is 11.8 Å². The van der Waals surface area contributed by atoms with Crippen molar-refractivity contribution >= 4 is 17.4 Å². The number of benzene rings is 1. The van der Waals surface area contributed by atoms with Crippen LogP contribution in [0.2, 0.25) is 0 Å². The second-order valence-corrected chi connectivity index (χ2v) is 5.61. The number of ether oxygens (including phenoxy) is 2. The van der Waals surface area contributed by atoms with Crippen molar-refractivity contribution in [3.63, 3.8) is 0 Å². The van der Waals surface area contributed by atoms with E-state index >= 15 is 0 Å². The van der Waals surface area contributed by atoms with E-state index in [9.17, 15) is 10.1 Å². The summed E-state index contributed by atoms with van der Waals surface area (Å²) in [5.41, 5.74) is 1.48. The van der Waals surface area contributed by atoms with Gasteiger partial charge in [-0.25, -0.2) is 4.98 Å². The highest BCUT2D eigenvalue weighted by molar-refractivity contribution is 7.98. The molecule has 116 valence electrons. The summed E-state index contributed by atoms with van der Waals surface area (Å²) >= 11 is 1.41. The summed E-state index contributed by atoms with van der Waals surface area (Å²) in [7, 11) is 0. The smallest absolute Gasteiger partial charge is 0.270 e. The van der Waals surface area contributed by atoms with Gasteiger partial charge >= 0.3 is 0 Å². The van der Waals surface area contributed by atoms with Crippen LogP contribution in [-0.4, -0.2) is 26.9 Å². The molecule has 0 saturated heterocycles. The lowest BCUT2D eigenvalue weighted by molar-refractivity contribution is -0.385. The molecule has 1 aromatic heterocycles. The molecule has 3 rings (SSSR count). The molecule has 0 unspecified atom stereocenters. The Labute approximate surface area is 130 Å². The molecule has 0 fully saturated rings. The Kier molecular flexibility index (Phi) is 4.25. The lowest BCUT2D eigenvalue weighted by Crippen LogP contribution is -2.13. The number of aryl methyl sites for hydroxylation is 1. The summed E-state index contributed by atoms with van der Waals surface area (Å²) in [6.45, 7) is 2.46. The first kappa shape index (κ1) is 14.8. The first-order chi connectivity index (χ1) is 10.7. The molecule has 1 aliphatic heterocycles. The molecule has 0 radical (unpaired) electrons. The monoisotopic (exact) mass is 322 g/mol. The number of aromatic amines is 1. The Morgan fingerprint density at radius 3 is 3.09 bits per heavy atom. The topological polar surface area (TPSA) is 103 Å². The molecule has 22 heavy (non-hydrogen) atoms. The van der Waals surface area contributed by atoms with Gasteiger partial charge < -0.3 is 9.47 Å². The quantitative estimate of drug-likeness (QED) is 0.512. The highest BCUT2D eigenvalue weighted by atomic mass is 32.2. The summed E-state index contributed by atoms with van der Waals surface area (Å²) in [5, 5.41) is 18.6. The van der Waals surface area contributed by atoms with Crippen molar-refractivity contribution in [3.05, 3.63) is 39.2 Å². The van der Waals surface area contributed by atoms with Crippen LogP contribution in [0.4, 0.5) is 5.69 Å². The van der Waals surface area contributed by atoms with Crippen LogP contribution in [-0.2, 0) is 23.5 Å². The Morgan fingerprint density at radius 2 is 2.36 bits per heavy atom. The summed E-state index contributed by atoms with van der Waals surface area (Å²) < 4.78 is 10.7. The standard InChI is InChI=1S/C13H14N4O4S/c1-2-11-14-13(16-15-11)22-6-9-4-10(17(18)19)3-8-5-20-7-21-12(8)9/h3-4H,2,5-7H2,1H3,(H,14,15,16). The van der Waals surface area contributed by atoms with Crippen molar-refractivity contribution in [1.82, 2.24) is 15.2 Å². The van der Waals surface area contributed by atoms with Crippen LogP contribution in [0, 0.1) is 10.1 Å². The maximum atomic E-state index is 11.0. The van der Waals surface area contributed by atoms with Crippen molar-refractivity contribution in [2.24, 2.45) is 0 Å². The van der Waals surface area contributed by atoms with Gasteiger partial charge in [-0.3, -0.25) is 15.2 Å². The highest BCUT2D eigenvalue weighted by Gasteiger charge is 2.21. The average Bonchev–Trinajstić information content (AvgIpc) is 3.00. The van der Waals surface area contributed by atoms with Gasteiger partial charge in [0.25, 0.3) is 5.69 Å². The molecular formula is C13H14N4O4S. The van der Waals surface area contributed by atoms with Gasteiger partial charge in [-0.2, -0.15) is 0 Å². The van der Waals surface area contributed by atoms with Crippen molar-refractivity contribution in [2.45, 2.75) is 30.9 Å². The van der Waals surface area contributed by atoms with E-state index in [1.165, 1.54) is 23.9 Å². The van der Waals surface area contributed by atoms with E-state index in [0.717, 1.165) is 17.8 Å². The van der Waals surface area contributed by atoms with Crippen LogP contribution < -0.4 is 4.74 Å². The lowest BCUT2D eigenvalue weighted by atomic mass is 10.1. The minimum Gasteiger partial charge on any atom is -0.467 e. The van der Waals surface area contributed by atoms with Crippen LogP contribution in [0.15, 0.2) is 17.3 Å². The molecule has 0 spiro atoms. The summed E-state index contributed by atoms with van der Waals surface area (Å²) in [6, 6.07) is 3.02. The van der Waals surface area contributed by atoms with E-state index < -0.39 is 4.92 Å². The Bertz CT molecular complexity index is 703. The highest BCUT2D eigenvalue weighted by Crippen LogP contribution is 2.35. The van der Waals surface area contributed by atoms with E-state index in [2.05, 4.69) is 15.2 Å². The molecule has 2 heterocycles. The molecule has 8 nitrogen and oxygen atoms in total.